The summed E-state index contributed by atoms with van der Waals surface area (Å²) in [6.07, 6.45) is 1.57. The van der Waals surface area contributed by atoms with E-state index in [9.17, 15) is 4.79 Å². The Morgan fingerprint density at radius 2 is 1.86 bits per heavy atom. The quantitative estimate of drug-likeness (QED) is 0.570. The Morgan fingerprint density at radius 1 is 1.19 bits per heavy atom. The molecule has 21 heavy (non-hydrogen) atoms. The fourth-order valence-corrected chi connectivity index (χ4v) is 2.74. The smallest absolute Gasteiger partial charge is 0.341 e. The second kappa shape index (κ2) is 6.06. The van der Waals surface area contributed by atoms with Crippen molar-refractivity contribution in [1.29, 1.82) is 0 Å². The first kappa shape index (κ1) is 15.8. The van der Waals surface area contributed by atoms with Crippen LogP contribution in [0.1, 0.15) is 46.1 Å². The molecule has 0 N–H and O–H groups in total. The minimum absolute atomic E-state index is 0.277. The Labute approximate surface area is 126 Å². The zero-order valence-electron chi connectivity index (χ0n) is 13.3. The fourth-order valence-electron chi connectivity index (χ4n) is 2.74. The van der Waals surface area contributed by atoms with Crippen LogP contribution < -0.4 is 4.74 Å². The van der Waals surface area contributed by atoms with Crippen LogP contribution >= 0.6 is 0 Å². The molecule has 0 bridgehead atoms. The number of ether oxygens (including phenoxy) is 3. The van der Waals surface area contributed by atoms with Crippen LogP contribution in [0.3, 0.4) is 0 Å². The van der Waals surface area contributed by atoms with E-state index < -0.39 is 11.2 Å². The molecule has 0 amide bonds. The van der Waals surface area contributed by atoms with E-state index >= 15 is 0 Å². The van der Waals surface area contributed by atoms with Crippen LogP contribution in [-0.2, 0) is 19.9 Å². The number of esters is 1. The molecule has 116 valence electrons. The van der Waals surface area contributed by atoms with Crippen molar-refractivity contribution < 1.29 is 19.0 Å². The van der Waals surface area contributed by atoms with Crippen molar-refractivity contribution in [3.8, 4) is 5.75 Å². The normalized spacial score (nSPS) is 27.2. The number of epoxide rings is 1. The van der Waals surface area contributed by atoms with Crippen molar-refractivity contribution in [2.75, 3.05) is 13.2 Å². The molecule has 1 heterocycles. The molecule has 4 nitrogen and oxygen atoms in total. The molecule has 2 atom stereocenters. The highest BCUT2D eigenvalue weighted by Gasteiger charge is 2.72. The topological polar surface area (TPSA) is 48.1 Å². The average Bonchev–Trinajstić information content (AvgIpc) is 3.14. The third kappa shape index (κ3) is 2.64. The first-order valence-electron chi connectivity index (χ1n) is 7.64. The fraction of sp³-hybridized carbons (Fsp3) is 0.588. The number of rotatable bonds is 7. The van der Waals surface area contributed by atoms with Crippen molar-refractivity contribution >= 4 is 5.97 Å². The van der Waals surface area contributed by atoms with Gasteiger partial charge in [0.2, 0.25) is 0 Å². The van der Waals surface area contributed by atoms with Crippen LogP contribution in [0.2, 0.25) is 0 Å². The first-order chi connectivity index (χ1) is 10.0. The standard InChI is InChI=1S/C17H24O4/c1-5-12-20-14-10-8-13(9-11-14)16(4)17(6-2,21-16)15(18)19-7-3/h8-11H,5-7,12H2,1-4H3. The SMILES string of the molecule is CCCOc1ccc(C2(C)OC2(CC)C(=O)OCC)cc1. The molecule has 0 aliphatic carbocycles. The van der Waals surface area contributed by atoms with E-state index in [1.54, 1.807) is 6.92 Å². The molecule has 1 aromatic carbocycles. The molecular formula is C17H24O4. The van der Waals surface area contributed by atoms with Gasteiger partial charge < -0.3 is 14.2 Å². The summed E-state index contributed by atoms with van der Waals surface area (Å²) in [7, 11) is 0. The van der Waals surface area contributed by atoms with Gasteiger partial charge in [0.25, 0.3) is 0 Å². The van der Waals surface area contributed by atoms with Gasteiger partial charge in [0.15, 0.2) is 5.60 Å². The van der Waals surface area contributed by atoms with Crippen molar-refractivity contribution in [2.45, 2.75) is 51.7 Å². The van der Waals surface area contributed by atoms with Gasteiger partial charge in [-0.15, -0.1) is 0 Å². The van der Waals surface area contributed by atoms with E-state index in [1.165, 1.54) is 0 Å². The molecule has 1 aromatic rings. The van der Waals surface area contributed by atoms with Gasteiger partial charge in [-0.3, -0.25) is 0 Å². The van der Waals surface area contributed by atoms with Gasteiger partial charge in [0.1, 0.15) is 11.4 Å². The number of benzene rings is 1. The van der Waals surface area contributed by atoms with Gasteiger partial charge in [0, 0.05) is 0 Å². The molecule has 0 saturated carbocycles. The summed E-state index contributed by atoms with van der Waals surface area (Å²) >= 11 is 0. The maximum atomic E-state index is 12.2. The Kier molecular flexibility index (Phi) is 4.57. The van der Waals surface area contributed by atoms with Crippen LogP contribution in [-0.4, -0.2) is 24.8 Å². The zero-order valence-corrected chi connectivity index (χ0v) is 13.3. The highest BCUT2D eigenvalue weighted by molar-refractivity contribution is 5.85. The molecule has 1 fully saturated rings. The molecule has 2 unspecified atom stereocenters. The summed E-state index contributed by atoms with van der Waals surface area (Å²) < 4.78 is 16.6. The molecule has 0 spiro atoms. The van der Waals surface area contributed by atoms with Gasteiger partial charge in [-0.05, 0) is 44.4 Å². The van der Waals surface area contributed by atoms with Gasteiger partial charge in [-0.25, -0.2) is 4.79 Å². The van der Waals surface area contributed by atoms with E-state index in [0.29, 0.717) is 19.6 Å². The van der Waals surface area contributed by atoms with Crippen LogP contribution in [0, 0.1) is 0 Å². The maximum absolute atomic E-state index is 12.2. The highest BCUT2D eigenvalue weighted by Crippen LogP contribution is 2.58. The van der Waals surface area contributed by atoms with Crippen molar-refractivity contribution in [2.24, 2.45) is 0 Å². The Bertz CT molecular complexity index is 496. The monoisotopic (exact) mass is 292 g/mol. The van der Waals surface area contributed by atoms with Crippen LogP contribution in [0.5, 0.6) is 5.75 Å². The van der Waals surface area contributed by atoms with E-state index in [-0.39, 0.29) is 5.97 Å². The number of carbonyl (C=O) groups excluding carboxylic acids is 1. The molecule has 4 heteroatoms. The second-order valence-corrected chi connectivity index (χ2v) is 5.41. The lowest BCUT2D eigenvalue weighted by molar-refractivity contribution is -0.149. The number of carbonyl (C=O) groups is 1. The summed E-state index contributed by atoms with van der Waals surface area (Å²) in [6.45, 7) is 8.83. The van der Waals surface area contributed by atoms with Gasteiger partial charge in [-0.1, -0.05) is 26.0 Å². The van der Waals surface area contributed by atoms with Gasteiger partial charge in [0.05, 0.1) is 13.2 Å². The van der Waals surface area contributed by atoms with Crippen molar-refractivity contribution in [3.63, 3.8) is 0 Å². The van der Waals surface area contributed by atoms with E-state index in [2.05, 4.69) is 6.92 Å². The van der Waals surface area contributed by atoms with Crippen molar-refractivity contribution in [3.05, 3.63) is 29.8 Å². The van der Waals surface area contributed by atoms with E-state index in [1.807, 2.05) is 38.1 Å². The number of hydrogen-bond donors (Lipinski definition) is 0. The van der Waals surface area contributed by atoms with Crippen LogP contribution in [0.25, 0.3) is 0 Å². The molecule has 1 saturated heterocycles. The molecule has 2 rings (SSSR count). The minimum atomic E-state index is -0.852. The van der Waals surface area contributed by atoms with E-state index in [4.69, 9.17) is 14.2 Å². The summed E-state index contributed by atoms with van der Waals surface area (Å²) in [5.74, 6) is 0.560. The van der Waals surface area contributed by atoms with Crippen LogP contribution in [0.4, 0.5) is 0 Å². The zero-order chi connectivity index (χ0) is 15.5. The lowest BCUT2D eigenvalue weighted by Crippen LogP contribution is -2.32. The molecule has 0 radical (unpaired) electrons. The lowest BCUT2D eigenvalue weighted by atomic mass is 9.86. The van der Waals surface area contributed by atoms with E-state index in [0.717, 1.165) is 17.7 Å². The Hall–Kier alpha value is -1.55. The van der Waals surface area contributed by atoms with Crippen LogP contribution in [0.15, 0.2) is 24.3 Å². The summed E-state index contributed by atoms with van der Waals surface area (Å²) in [5, 5.41) is 0. The third-order valence-electron chi connectivity index (χ3n) is 4.09. The lowest BCUT2D eigenvalue weighted by Gasteiger charge is -2.15. The van der Waals surface area contributed by atoms with Crippen molar-refractivity contribution in [1.82, 2.24) is 0 Å². The summed E-state index contributed by atoms with van der Waals surface area (Å²) in [5.41, 5.74) is -0.493. The van der Waals surface area contributed by atoms with Gasteiger partial charge in [-0.2, -0.15) is 0 Å². The molecule has 0 aromatic heterocycles. The largest absolute Gasteiger partial charge is 0.494 e. The number of hydrogen-bond acceptors (Lipinski definition) is 4. The highest BCUT2D eigenvalue weighted by atomic mass is 16.7. The van der Waals surface area contributed by atoms with Gasteiger partial charge >= 0.3 is 5.97 Å². The Morgan fingerprint density at radius 3 is 2.38 bits per heavy atom. The predicted octanol–water partition coefficient (Wildman–Crippen LogP) is 3.43. The molecule has 1 aliphatic rings. The minimum Gasteiger partial charge on any atom is -0.494 e. The average molecular weight is 292 g/mol. The summed E-state index contributed by atoms with van der Waals surface area (Å²) in [6, 6.07) is 7.76. The first-order valence-corrected chi connectivity index (χ1v) is 7.64. The second-order valence-electron chi connectivity index (χ2n) is 5.41. The Balaban J connectivity index is 2.16. The third-order valence-corrected chi connectivity index (χ3v) is 4.09. The molecular weight excluding hydrogens is 268 g/mol. The maximum Gasteiger partial charge on any atom is 0.341 e. The molecule has 1 aliphatic heterocycles. The predicted molar refractivity (Wildman–Crippen MR) is 80.3 cm³/mol. The summed E-state index contributed by atoms with van der Waals surface area (Å²) in [4.78, 5) is 12.2.